The zero-order valence-electron chi connectivity index (χ0n) is 15.5. The molecule has 0 radical (unpaired) electrons. The largest absolute Gasteiger partial charge is 0.497 e. The second-order valence-electron chi connectivity index (χ2n) is 6.10. The van der Waals surface area contributed by atoms with E-state index < -0.39 is 0 Å². The fourth-order valence-electron chi connectivity index (χ4n) is 2.55. The summed E-state index contributed by atoms with van der Waals surface area (Å²) in [6.07, 6.45) is 0. The first-order chi connectivity index (χ1) is 12.5. The molecule has 6 heteroatoms. The number of ether oxygens (including phenoxy) is 2. The topological polar surface area (TPSA) is 75.8 Å². The highest BCUT2D eigenvalue weighted by Gasteiger charge is 2.23. The van der Waals surface area contributed by atoms with Crippen LogP contribution in [-0.2, 0) is 11.3 Å². The average Bonchev–Trinajstić information content (AvgIpc) is 2.68. The van der Waals surface area contributed by atoms with Gasteiger partial charge in [-0.25, -0.2) is 0 Å². The van der Waals surface area contributed by atoms with Gasteiger partial charge in [0.25, 0.3) is 5.91 Å². The van der Waals surface area contributed by atoms with Crippen LogP contribution in [0.5, 0.6) is 11.5 Å². The first-order valence-corrected chi connectivity index (χ1v) is 8.32. The highest BCUT2D eigenvalue weighted by atomic mass is 16.5. The third-order valence-electron chi connectivity index (χ3n) is 4.38. The second kappa shape index (κ2) is 8.88. The average molecular weight is 354 g/mol. The molecule has 1 unspecified atom stereocenters. The molecule has 0 bridgehead atoms. The molecule has 0 heterocycles. The molecular weight excluding hydrogens is 330 g/mol. The Morgan fingerprint density at radius 3 is 2.46 bits per heavy atom. The Morgan fingerprint density at radius 1 is 1.19 bits per heavy atom. The number of nitrogens with zero attached hydrogens (tertiary/aromatic N) is 1. The molecule has 2 aromatic rings. The molecule has 6 nitrogen and oxygen atoms in total. The van der Waals surface area contributed by atoms with Gasteiger partial charge in [-0.2, -0.15) is 5.26 Å². The molecule has 0 aliphatic heterocycles. The molecule has 2 N–H and O–H groups in total. The molecule has 0 aliphatic rings. The van der Waals surface area contributed by atoms with Crippen molar-refractivity contribution in [3.05, 3.63) is 53.6 Å². The van der Waals surface area contributed by atoms with Crippen molar-refractivity contribution >= 4 is 11.6 Å². The van der Waals surface area contributed by atoms with E-state index in [-0.39, 0.29) is 11.9 Å². The van der Waals surface area contributed by atoms with Crippen LogP contribution in [0.3, 0.4) is 0 Å². The number of methoxy groups -OCH3 is 2. The Kier molecular flexibility index (Phi) is 6.59. The summed E-state index contributed by atoms with van der Waals surface area (Å²) in [4.78, 5) is 13.5. The Hall–Kier alpha value is -3.04. The van der Waals surface area contributed by atoms with Gasteiger partial charge in [-0.1, -0.05) is 0 Å². The summed E-state index contributed by atoms with van der Waals surface area (Å²) in [6.45, 7) is 2.51. The summed E-state index contributed by atoms with van der Waals surface area (Å²) >= 11 is 0. The summed E-state index contributed by atoms with van der Waals surface area (Å²) in [5, 5.41) is 11.7. The molecular formula is C20H24N3O3+. The van der Waals surface area contributed by atoms with Crippen molar-refractivity contribution in [2.45, 2.75) is 19.5 Å². The number of nitriles is 1. The van der Waals surface area contributed by atoms with Crippen LogP contribution in [0.25, 0.3) is 0 Å². The van der Waals surface area contributed by atoms with Gasteiger partial charge in [0.1, 0.15) is 18.0 Å². The lowest BCUT2D eigenvalue weighted by Crippen LogP contribution is -3.12. The third-order valence-corrected chi connectivity index (χ3v) is 4.38. The van der Waals surface area contributed by atoms with E-state index in [9.17, 15) is 4.79 Å². The van der Waals surface area contributed by atoms with E-state index >= 15 is 0 Å². The number of rotatable bonds is 7. The number of nitrogens with one attached hydrogen (secondary N) is 2. The molecule has 0 aromatic heterocycles. The molecule has 0 saturated heterocycles. The normalized spacial score (nSPS) is 12.6. The number of carbonyl (C=O) groups is 1. The molecule has 136 valence electrons. The number of hydrogen-bond acceptors (Lipinski definition) is 4. The molecule has 26 heavy (non-hydrogen) atoms. The first kappa shape index (κ1) is 19.3. The van der Waals surface area contributed by atoms with Crippen LogP contribution < -0.4 is 19.7 Å². The highest BCUT2D eigenvalue weighted by Crippen LogP contribution is 2.23. The molecule has 0 saturated carbocycles. The van der Waals surface area contributed by atoms with Crippen LogP contribution in [0.2, 0.25) is 0 Å². The summed E-state index contributed by atoms with van der Waals surface area (Å²) < 4.78 is 10.6. The second-order valence-corrected chi connectivity index (χ2v) is 6.10. The Morgan fingerprint density at radius 2 is 1.88 bits per heavy atom. The molecule has 1 amide bonds. The van der Waals surface area contributed by atoms with Crippen LogP contribution in [0, 0.1) is 11.3 Å². The van der Waals surface area contributed by atoms with Crippen LogP contribution >= 0.6 is 0 Å². The van der Waals surface area contributed by atoms with E-state index in [1.54, 1.807) is 38.5 Å². The van der Waals surface area contributed by atoms with Crippen molar-refractivity contribution in [1.29, 1.82) is 5.26 Å². The molecule has 2 atom stereocenters. The quantitative estimate of drug-likeness (QED) is 0.792. The van der Waals surface area contributed by atoms with Crippen molar-refractivity contribution < 1.29 is 19.2 Å². The molecule has 0 spiro atoms. The maximum absolute atomic E-state index is 12.5. The summed E-state index contributed by atoms with van der Waals surface area (Å²) in [5.74, 6) is 1.39. The number of amides is 1. The fraction of sp³-hybridized carbons (Fsp3) is 0.300. The Bertz CT molecular complexity index is 797. The van der Waals surface area contributed by atoms with Gasteiger partial charge >= 0.3 is 0 Å². The van der Waals surface area contributed by atoms with E-state index in [4.69, 9.17) is 14.7 Å². The zero-order valence-corrected chi connectivity index (χ0v) is 15.5. The van der Waals surface area contributed by atoms with Crippen molar-refractivity contribution in [3.8, 4) is 17.6 Å². The van der Waals surface area contributed by atoms with E-state index in [1.807, 2.05) is 32.2 Å². The fourth-order valence-corrected chi connectivity index (χ4v) is 2.55. The van der Waals surface area contributed by atoms with E-state index in [0.717, 1.165) is 22.0 Å². The molecule has 0 fully saturated rings. The van der Waals surface area contributed by atoms with Crippen LogP contribution in [-0.4, -0.2) is 33.2 Å². The van der Waals surface area contributed by atoms with Crippen LogP contribution in [0.15, 0.2) is 42.5 Å². The number of anilines is 1. The van der Waals surface area contributed by atoms with Gasteiger partial charge in [-0.3, -0.25) is 4.79 Å². The Labute approximate surface area is 153 Å². The minimum Gasteiger partial charge on any atom is -0.497 e. The lowest BCUT2D eigenvalue weighted by atomic mass is 10.1. The van der Waals surface area contributed by atoms with E-state index in [1.165, 1.54) is 0 Å². The van der Waals surface area contributed by atoms with Crippen molar-refractivity contribution in [1.82, 2.24) is 0 Å². The summed E-state index contributed by atoms with van der Waals surface area (Å²) in [6, 6.07) is 14.3. The smallest absolute Gasteiger partial charge is 0.282 e. The van der Waals surface area contributed by atoms with Crippen molar-refractivity contribution in [3.63, 3.8) is 0 Å². The number of likely N-dealkylation sites (N-methyl/N-ethyl adjacent to an activating group) is 1. The number of benzene rings is 2. The zero-order chi connectivity index (χ0) is 19.1. The maximum Gasteiger partial charge on any atom is 0.282 e. The van der Waals surface area contributed by atoms with Crippen LogP contribution in [0.1, 0.15) is 18.1 Å². The van der Waals surface area contributed by atoms with Crippen LogP contribution in [0.4, 0.5) is 5.69 Å². The van der Waals surface area contributed by atoms with Gasteiger partial charge < -0.3 is 19.7 Å². The maximum atomic E-state index is 12.5. The standard InChI is InChI=1S/C20H23N3O3/c1-14(20(24)22-17-8-5-15(12-21)6-9-17)23(2)13-16-7-10-18(25-3)11-19(16)26-4/h5-11,14H,13H2,1-4H3,(H,22,24)/p+1/t14-/m0/s1. The summed E-state index contributed by atoms with van der Waals surface area (Å²) in [5.41, 5.74) is 2.24. The summed E-state index contributed by atoms with van der Waals surface area (Å²) in [7, 11) is 5.20. The minimum atomic E-state index is -0.266. The SMILES string of the molecule is COc1ccc(C[NH+](C)[C@@H](C)C(=O)Nc2ccc(C#N)cc2)c(OC)c1. The number of quaternary nitrogens is 1. The van der Waals surface area contributed by atoms with Gasteiger partial charge in [0.15, 0.2) is 6.04 Å². The van der Waals surface area contributed by atoms with Gasteiger partial charge in [-0.15, -0.1) is 0 Å². The Balaban J connectivity index is 2.03. The minimum absolute atomic E-state index is 0.0836. The monoisotopic (exact) mass is 354 g/mol. The van der Waals surface area contributed by atoms with Gasteiger partial charge in [0.2, 0.25) is 0 Å². The van der Waals surface area contributed by atoms with Crippen molar-refractivity contribution in [2.24, 2.45) is 0 Å². The number of hydrogen-bond donors (Lipinski definition) is 2. The lowest BCUT2D eigenvalue weighted by Gasteiger charge is -2.22. The van der Waals surface area contributed by atoms with E-state index in [2.05, 4.69) is 11.4 Å². The first-order valence-electron chi connectivity index (χ1n) is 8.32. The predicted octanol–water partition coefficient (Wildman–Crippen LogP) is 1.62. The highest BCUT2D eigenvalue weighted by molar-refractivity contribution is 5.93. The van der Waals surface area contributed by atoms with Gasteiger partial charge in [0, 0.05) is 17.3 Å². The predicted molar refractivity (Wildman–Crippen MR) is 99.4 cm³/mol. The number of carbonyl (C=O) groups excluding carboxylic acids is 1. The molecule has 2 rings (SSSR count). The third kappa shape index (κ3) is 4.74. The molecule has 2 aromatic carbocycles. The van der Waals surface area contributed by atoms with Gasteiger partial charge in [-0.05, 0) is 43.3 Å². The van der Waals surface area contributed by atoms with Crippen molar-refractivity contribution in [2.75, 3.05) is 26.6 Å². The van der Waals surface area contributed by atoms with Gasteiger partial charge in [0.05, 0.1) is 32.9 Å². The molecule has 0 aliphatic carbocycles. The van der Waals surface area contributed by atoms with E-state index in [0.29, 0.717) is 17.8 Å². The lowest BCUT2D eigenvalue weighted by molar-refractivity contribution is -0.907.